The highest BCUT2D eigenvalue weighted by molar-refractivity contribution is 6.30. The Bertz CT molecular complexity index is 712. The minimum Gasteiger partial charge on any atom is -0.353 e. The van der Waals surface area contributed by atoms with Gasteiger partial charge in [0, 0.05) is 36.6 Å². The monoisotopic (exact) mass is 418 g/mol. The zero-order valence-electron chi connectivity index (χ0n) is 16.8. The van der Waals surface area contributed by atoms with E-state index in [-0.39, 0.29) is 29.8 Å². The molecule has 0 bridgehead atoms. The Morgan fingerprint density at radius 3 is 2.38 bits per heavy atom. The number of nitrogens with one attached hydrogen (secondary N) is 3. The van der Waals surface area contributed by atoms with E-state index in [2.05, 4.69) is 16.2 Å². The maximum atomic E-state index is 12.9. The van der Waals surface area contributed by atoms with Crippen molar-refractivity contribution in [2.24, 2.45) is 11.8 Å². The molecule has 4 rings (SSSR count). The molecule has 29 heavy (non-hydrogen) atoms. The molecule has 2 unspecified atom stereocenters. The van der Waals surface area contributed by atoms with Gasteiger partial charge in [-0.15, -0.1) is 0 Å². The van der Waals surface area contributed by atoms with Crippen molar-refractivity contribution >= 4 is 23.4 Å². The predicted molar refractivity (Wildman–Crippen MR) is 113 cm³/mol. The zero-order chi connectivity index (χ0) is 20.2. The van der Waals surface area contributed by atoms with Crippen molar-refractivity contribution in [3.05, 3.63) is 34.9 Å². The molecule has 1 aromatic rings. The first-order chi connectivity index (χ1) is 14.1. The average Bonchev–Trinajstić information content (AvgIpc) is 3.25. The van der Waals surface area contributed by atoms with Crippen molar-refractivity contribution in [1.29, 1.82) is 0 Å². The third kappa shape index (κ3) is 4.93. The third-order valence-electron chi connectivity index (χ3n) is 6.66. The van der Waals surface area contributed by atoms with Gasteiger partial charge in [-0.3, -0.25) is 15.0 Å². The van der Waals surface area contributed by atoms with Crippen LogP contribution in [0.5, 0.6) is 0 Å². The number of hydrogen-bond donors (Lipinski definition) is 3. The van der Waals surface area contributed by atoms with Crippen LogP contribution in [0.3, 0.4) is 0 Å². The lowest BCUT2D eigenvalue weighted by molar-refractivity contribution is -0.137. The van der Waals surface area contributed by atoms with Crippen LogP contribution in [-0.2, 0) is 9.59 Å². The van der Waals surface area contributed by atoms with Crippen LogP contribution in [0.1, 0.15) is 56.6 Å². The molecule has 3 aliphatic rings. The second kappa shape index (κ2) is 9.45. The quantitative estimate of drug-likeness (QED) is 0.703. The fraction of sp³-hybridized carbons (Fsp3) is 0.636. The van der Waals surface area contributed by atoms with Crippen LogP contribution in [0.25, 0.3) is 0 Å². The minimum absolute atomic E-state index is 0.0690. The Kier molecular flexibility index (Phi) is 6.73. The molecule has 2 aliphatic heterocycles. The van der Waals surface area contributed by atoms with Crippen LogP contribution in [0.2, 0.25) is 5.02 Å². The summed E-state index contributed by atoms with van der Waals surface area (Å²) < 4.78 is 0. The number of hydrazine groups is 1. The molecule has 2 heterocycles. The maximum absolute atomic E-state index is 12.9. The van der Waals surface area contributed by atoms with Crippen molar-refractivity contribution < 1.29 is 9.59 Å². The smallest absolute Gasteiger partial charge is 0.226 e. The molecule has 0 radical (unpaired) electrons. The number of nitrogens with zero attached hydrogens (tertiary/aromatic N) is 1. The zero-order valence-corrected chi connectivity index (χ0v) is 17.6. The molecule has 1 aliphatic carbocycles. The van der Waals surface area contributed by atoms with E-state index in [1.54, 1.807) is 0 Å². The third-order valence-corrected chi connectivity index (χ3v) is 6.91. The second-order valence-electron chi connectivity index (χ2n) is 8.60. The highest BCUT2D eigenvalue weighted by atomic mass is 35.5. The minimum atomic E-state index is -0.168. The molecule has 1 saturated carbocycles. The molecule has 0 aromatic heterocycles. The fourth-order valence-corrected chi connectivity index (χ4v) is 5.01. The number of amides is 2. The molecule has 2 saturated heterocycles. The van der Waals surface area contributed by atoms with E-state index in [4.69, 9.17) is 11.6 Å². The van der Waals surface area contributed by atoms with Gasteiger partial charge in [-0.05, 0) is 43.4 Å². The average molecular weight is 419 g/mol. The molecule has 3 N–H and O–H groups in total. The predicted octanol–water partition coefficient (Wildman–Crippen LogP) is 2.79. The molecule has 0 spiro atoms. The summed E-state index contributed by atoms with van der Waals surface area (Å²) in [5.74, 6) is 0.463. The summed E-state index contributed by atoms with van der Waals surface area (Å²) in [5.41, 5.74) is 7.38. The van der Waals surface area contributed by atoms with E-state index in [0.717, 1.165) is 44.3 Å². The molecular weight excluding hydrogens is 388 g/mol. The summed E-state index contributed by atoms with van der Waals surface area (Å²) in [4.78, 5) is 27.7. The van der Waals surface area contributed by atoms with Crippen molar-refractivity contribution in [1.82, 2.24) is 21.1 Å². The Morgan fingerprint density at radius 1 is 1.00 bits per heavy atom. The number of rotatable bonds is 4. The summed E-state index contributed by atoms with van der Waals surface area (Å²) in [6.07, 6.45) is 7.39. The van der Waals surface area contributed by atoms with Crippen molar-refractivity contribution in [3.8, 4) is 0 Å². The van der Waals surface area contributed by atoms with Gasteiger partial charge < -0.3 is 10.2 Å². The fourth-order valence-electron chi connectivity index (χ4n) is 4.89. The van der Waals surface area contributed by atoms with Crippen LogP contribution in [0.4, 0.5) is 0 Å². The van der Waals surface area contributed by atoms with Crippen LogP contribution in [0, 0.1) is 11.8 Å². The Morgan fingerprint density at radius 2 is 1.69 bits per heavy atom. The van der Waals surface area contributed by atoms with Gasteiger partial charge in [0.1, 0.15) is 0 Å². The van der Waals surface area contributed by atoms with Crippen LogP contribution in [-0.4, -0.2) is 42.4 Å². The van der Waals surface area contributed by atoms with Crippen molar-refractivity contribution in [2.75, 3.05) is 19.6 Å². The number of carbonyl (C=O) groups is 2. The van der Waals surface area contributed by atoms with Crippen LogP contribution in [0.15, 0.2) is 24.3 Å². The van der Waals surface area contributed by atoms with Gasteiger partial charge in [-0.25, -0.2) is 5.43 Å². The van der Waals surface area contributed by atoms with Gasteiger partial charge in [0.2, 0.25) is 11.8 Å². The summed E-state index contributed by atoms with van der Waals surface area (Å²) in [5, 5.41) is 3.92. The molecule has 3 fully saturated rings. The Labute approximate surface area is 177 Å². The molecule has 2 atom stereocenters. The first-order valence-electron chi connectivity index (χ1n) is 10.9. The number of piperidine rings is 1. The molecule has 1 aromatic carbocycles. The number of carbonyl (C=O) groups excluding carboxylic acids is 2. The van der Waals surface area contributed by atoms with E-state index in [1.165, 1.54) is 19.3 Å². The van der Waals surface area contributed by atoms with Crippen LogP contribution < -0.4 is 16.2 Å². The standard InChI is InChI=1S/C22H31ClN4O2/c23-17-8-6-15(7-9-17)20-19(14-24-26-20)21(28)25-18-10-12-27(13-11-18)22(29)16-4-2-1-3-5-16/h6-9,16,18-20,24,26H,1-5,10-14H2,(H,25,28). The highest BCUT2D eigenvalue weighted by Crippen LogP contribution is 2.28. The molecule has 2 amide bonds. The summed E-state index contributed by atoms with van der Waals surface area (Å²) in [6, 6.07) is 7.70. The van der Waals surface area contributed by atoms with Gasteiger partial charge in [-0.2, -0.15) is 0 Å². The van der Waals surface area contributed by atoms with E-state index < -0.39 is 0 Å². The largest absolute Gasteiger partial charge is 0.353 e. The van der Waals surface area contributed by atoms with Gasteiger partial charge in [-0.1, -0.05) is 43.0 Å². The number of halogens is 1. The first kappa shape index (κ1) is 20.6. The van der Waals surface area contributed by atoms with Gasteiger partial charge in [0.05, 0.1) is 12.0 Å². The van der Waals surface area contributed by atoms with Crippen molar-refractivity contribution in [3.63, 3.8) is 0 Å². The number of likely N-dealkylation sites (tertiary alicyclic amines) is 1. The maximum Gasteiger partial charge on any atom is 0.226 e. The summed E-state index contributed by atoms with van der Waals surface area (Å²) in [7, 11) is 0. The molecule has 7 heteroatoms. The second-order valence-corrected chi connectivity index (χ2v) is 9.04. The molecule has 158 valence electrons. The van der Waals surface area contributed by atoms with Gasteiger partial charge in [0.25, 0.3) is 0 Å². The summed E-state index contributed by atoms with van der Waals surface area (Å²) >= 11 is 5.99. The molecule has 6 nitrogen and oxygen atoms in total. The Balaban J connectivity index is 1.28. The number of benzene rings is 1. The van der Waals surface area contributed by atoms with E-state index >= 15 is 0 Å². The Hall–Kier alpha value is -1.63. The lowest BCUT2D eigenvalue weighted by Crippen LogP contribution is -2.49. The normalized spacial score (nSPS) is 26.4. The number of hydrogen-bond acceptors (Lipinski definition) is 4. The highest BCUT2D eigenvalue weighted by Gasteiger charge is 2.36. The SMILES string of the molecule is O=C(NC1CCN(C(=O)C2CCCCC2)CC1)C1CNNC1c1ccc(Cl)cc1. The first-order valence-corrected chi connectivity index (χ1v) is 11.3. The van der Waals surface area contributed by atoms with E-state index in [1.807, 2.05) is 29.2 Å². The van der Waals surface area contributed by atoms with Gasteiger partial charge in [0.15, 0.2) is 0 Å². The lowest BCUT2D eigenvalue weighted by atomic mass is 9.87. The van der Waals surface area contributed by atoms with Crippen LogP contribution >= 0.6 is 11.6 Å². The van der Waals surface area contributed by atoms with E-state index in [9.17, 15) is 9.59 Å². The topological polar surface area (TPSA) is 73.5 Å². The van der Waals surface area contributed by atoms with E-state index in [0.29, 0.717) is 17.5 Å². The van der Waals surface area contributed by atoms with Crippen molar-refractivity contribution in [2.45, 2.75) is 57.0 Å². The summed E-state index contributed by atoms with van der Waals surface area (Å²) in [6.45, 7) is 2.10. The molecular formula is C22H31ClN4O2. The van der Waals surface area contributed by atoms with Gasteiger partial charge >= 0.3 is 0 Å². The lowest BCUT2D eigenvalue weighted by Gasteiger charge is -2.36.